The molecule has 1 heterocycles. The monoisotopic (exact) mass is 628 g/mol. The van der Waals surface area contributed by atoms with Crippen molar-refractivity contribution in [2.75, 3.05) is 31.2 Å². The highest BCUT2D eigenvalue weighted by Crippen LogP contribution is 2.38. The molecule has 0 bridgehead atoms. The van der Waals surface area contributed by atoms with E-state index in [0.29, 0.717) is 35.6 Å². The number of esters is 1. The molecule has 2 aliphatic carbocycles. The van der Waals surface area contributed by atoms with Crippen molar-refractivity contribution in [1.82, 2.24) is 0 Å². The summed E-state index contributed by atoms with van der Waals surface area (Å²) in [6, 6.07) is 22.7. The molecule has 1 unspecified atom stereocenters. The lowest BCUT2D eigenvalue weighted by atomic mass is 9.80. The van der Waals surface area contributed by atoms with Gasteiger partial charge in [0.05, 0.1) is 6.61 Å². The smallest absolute Gasteiger partial charge is 0.338 e. The summed E-state index contributed by atoms with van der Waals surface area (Å²) >= 11 is 0. The highest BCUT2D eigenvalue weighted by Gasteiger charge is 2.31. The van der Waals surface area contributed by atoms with Gasteiger partial charge in [-0.25, -0.2) is 4.79 Å². The summed E-state index contributed by atoms with van der Waals surface area (Å²) in [6.45, 7) is 12.0. The lowest BCUT2D eigenvalue weighted by Gasteiger charge is -2.32. The first-order chi connectivity index (χ1) is 22.8. The summed E-state index contributed by atoms with van der Waals surface area (Å²) < 4.78 is 18.3. The van der Waals surface area contributed by atoms with Crippen LogP contribution >= 0.6 is 0 Å². The number of nitrogens with zero attached hydrogens (tertiary/aromatic N) is 2. The van der Waals surface area contributed by atoms with Gasteiger partial charge in [0.15, 0.2) is 5.78 Å². The van der Waals surface area contributed by atoms with E-state index >= 15 is 0 Å². The lowest BCUT2D eigenvalue weighted by Crippen LogP contribution is -2.30. The Hall–Kier alpha value is -5.47. The van der Waals surface area contributed by atoms with Crippen LogP contribution in [0, 0.1) is 0 Å². The fraction of sp³-hybridized carbons (Fsp3) is 0.205. The van der Waals surface area contributed by atoms with Crippen LogP contribution in [0.1, 0.15) is 26.3 Å². The highest BCUT2D eigenvalue weighted by atomic mass is 16.6. The molecule has 0 radical (unpaired) electrons. The molecule has 6 rings (SSSR count). The third-order valence-electron chi connectivity index (χ3n) is 8.17. The predicted octanol–water partition coefficient (Wildman–Crippen LogP) is 5.99. The number of carbonyl (C=O) groups excluding carboxylic acids is 2. The van der Waals surface area contributed by atoms with E-state index in [4.69, 9.17) is 14.2 Å². The molecule has 0 aromatic heterocycles. The third kappa shape index (κ3) is 6.73. The maximum atomic E-state index is 13.3. The molecule has 1 aliphatic heterocycles. The fourth-order valence-corrected chi connectivity index (χ4v) is 5.53. The first kappa shape index (κ1) is 31.5. The lowest BCUT2D eigenvalue weighted by molar-refractivity contribution is -0.434. The SMILES string of the molecule is C=C(C)C(=O)Oc1ccc([N+](CC)=C2C=CC(=C3C(=O)C(c4ccc(N(CC)c5ccc(OCC6CO6)cc5)cc4)=C3[O-])C=C2)cc1. The minimum atomic E-state index is -0.470. The highest BCUT2D eigenvalue weighted by molar-refractivity contribution is 6.39. The number of allylic oxidation sites excluding steroid dienone is 7. The number of rotatable bonds is 11. The number of Topliss-reactive ketones (excluding diaryl/α,β-unsaturated/α-hetero) is 1. The molecule has 3 aromatic carbocycles. The van der Waals surface area contributed by atoms with Crippen LogP contribution in [-0.4, -0.2) is 54.4 Å². The molecule has 47 heavy (non-hydrogen) atoms. The van der Waals surface area contributed by atoms with E-state index in [1.54, 1.807) is 31.2 Å². The summed E-state index contributed by atoms with van der Waals surface area (Å²) in [5.74, 6) is 0.271. The van der Waals surface area contributed by atoms with Gasteiger partial charge < -0.3 is 24.2 Å². The molecular formula is C39H36N2O6. The Kier molecular flexibility index (Phi) is 9.04. The molecular weight excluding hydrogens is 592 g/mol. The van der Waals surface area contributed by atoms with E-state index in [0.717, 1.165) is 41.7 Å². The number of hydrogen-bond donors (Lipinski definition) is 0. The van der Waals surface area contributed by atoms with Crippen molar-refractivity contribution in [3.05, 3.63) is 132 Å². The van der Waals surface area contributed by atoms with Gasteiger partial charge >= 0.3 is 5.97 Å². The summed E-state index contributed by atoms with van der Waals surface area (Å²) in [6.07, 6.45) is 7.61. The van der Waals surface area contributed by atoms with Gasteiger partial charge in [-0.1, -0.05) is 24.5 Å². The predicted molar refractivity (Wildman–Crippen MR) is 180 cm³/mol. The van der Waals surface area contributed by atoms with Gasteiger partial charge in [0.1, 0.15) is 30.8 Å². The van der Waals surface area contributed by atoms with E-state index in [2.05, 4.69) is 23.0 Å². The number of benzene rings is 3. The Bertz CT molecular complexity index is 1850. The average Bonchev–Trinajstić information content (AvgIpc) is 3.92. The average molecular weight is 629 g/mol. The zero-order valence-corrected chi connectivity index (χ0v) is 26.7. The Balaban J connectivity index is 1.16. The maximum Gasteiger partial charge on any atom is 0.338 e. The molecule has 238 valence electrons. The van der Waals surface area contributed by atoms with E-state index < -0.39 is 5.97 Å². The van der Waals surface area contributed by atoms with E-state index in [1.165, 1.54) is 0 Å². The molecule has 1 atom stereocenters. The fourth-order valence-electron chi connectivity index (χ4n) is 5.53. The second kappa shape index (κ2) is 13.5. The standard InChI is InChI=1S/C39H36N2O6/c1-5-40(30-15-19-32(20-16-30)45-23-34-24-46-34)28-11-7-26(8-12-28)35-37(42)36(38(35)43)27-9-13-29(14-10-27)41(6-2)31-17-21-33(22-18-31)47-39(44)25(3)4/h7-22,34H,3,5-6,23-24H2,1-2,4H3. The number of carbonyl (C=O) groups is 2. The molecule has 0 spiro atoms. The van der Waals surface area contributed by atoms with Crippen LogP contribution in [0.4, 0.5) is 17.1 Å². The summed E-state index contributed by atoms with van der Waals surface area (Å²) in [5, 5.41) is 13.3. The second-order valence-electron chi connectivity index (χ2n) is 11.4. The van der Waals surface area contributed by atoms with Crippen molar-refractivity contribution in [1.29, 1.82) is 0 Å². The van der Waals surface area contributed by atoms with Crippen LogP contribution in [0.5, 0.6) is 11.5 Å². The first-order valence-electron chi connectivity index (χ1n) is 15.7. The Labute approximate surface area is 274 Å². The minimum Gasteiger partial charge on any atom is -0.871 e. The number of ether oxygens (including phenoxy) is 3. The molecule has 1 fully saturated rings. The van der Waals surface area contributed by atoms with Crippen molar-refractivity contribution >= 4 is 40.1 Å². The van der Waals surface area contributed by atoms with Crippen molar-refractivity contribution in [3.63, 3.8) is 0 Å². The van der Waals surface area contributed by atoms with Gasteiger partial charge in [-0.15, -0.1) is 0 Å². The van der Waals surface area contributed by atoms with Crippen molar-refractivity contribution < 1.29 is 33.5 Å². The Morgan fingerprint density at radius 1 is 0.915 bits per heavy atom. The van der Waals surface area contributed by atoms with Gasteiger partial charge in [-0.05, 0) is 92.6 Å². The largest absolute Gasteiger partial charge is 0.871 e. The third-order valence-corrected chi connectivity index (χ3v) is 8.17. The second-order valence-corrected chi connectivity index (χ2v) is 11.4. The van der Waals surface area contributed by atoms with Crippen LogP contribution in [-0.2, 0) is 14.3 Å². The van der Waals surface area contributed by atoms with Gasteiger partial charge in [0.2, 0.25) is 11.4 Å². The number of epoxide rings is 1. The molecule has 3 aliphatic rings. The van der Waals surface area contributed by atoms with Crippen molar-refractivity contribution in [3.8, 4) is 11.5 Å². The molecule has 0 saturated carbocycles. The number of ketones is 1. The van der Waals surface area contributed by atoms with E-state index in [9.17, 15) is 14.7 Å². The molecule has 8 nitrogen and oxygen atoms in total. The topological polar surface area (TPSA) is 94.4 Å². The van der Waals surface area contributed by atoms with Crippen LogP contribution in [0.2, 0.25) is 0 Å². The van der Waals surface area contributed by atoms with Gasteiger partial charge in [0.25, 0.3) is 0 Å². The summed E-state index contributed by atoms with van der Waals surface area (Å²) in [4.78, 5) is 27.2. The number of anilines is 2. The molecule has 3 aromatic rings. The molecule has 0 amide bonds. The molecule has 0 N–H and O–H groups in total. The molecule has 1 saturated heterocycles. The Morgan fingerprint density at radius 3 is 2.04 bits per heavy atom. The Morgan fingerprint density at radius 2 is 1.51 bits per heavy atom. The van der Waals surface area contributed by atoms with E-state index in [-0.39, 0.29) is 28.8 Å². The van der Waals surface area contributed by atoms with Crippen LogP contribution in [0.15, 0.2) is 126 Å². The quantitative estimate of drug-likeness (QED) is 0.0847. The number of hydrogen-bond acceptors (Lipinski definition) is 7. The minimum absolute atomic E-state index is 0.202. The van der Waals surface area contributed by atoms with Crippen LogP contribution < -0.4 is 19.5 Å². The normalized spacial score (nSPS) is 16.6. The van der Waals surface area contributed by atoms with Crippen LogP contribution in [0.25, 0.3) is 5.57 Å². The summed E-state index contributed by atoms with van der Waals surface area (Å²) in [5.41, 5.74) is 5.73. The first-order valence-corrected chi connectivity index (χ1v) is 15.7. The maximum absolute atomic E-state index is 13.3. The van der Waals surface area contributed by atoms with Gasteiger partial charge in [0, 0.05) is 58.9 Å². The zero-order chi connectivity index (χ0) is 33.1. The van der Waals surface area contributed by atoms with Crippen molar-refractivity contribution in [2.24, 2.45) is 0 Å². The van der Waals surface area contributed by atoms with Crippen molar-refractivity contribution in [2.45, 2.75) is 26.9 Å². The zero-order valence-electron chi connectivity index (χ0n) is 26.7. The van der Waals surface area contributed by atoms with E-state index in [1.807, 2.05) is 79.7 Å². The molecule has 8 heteroatoms. The summed E-state index contributed by atoms with van der Waals surface area (Å²) in [7, 11) is 0. The van der Waals surface area contributed by atoms with Crippen LogP contribution in [0.3, 0.4) is 0 Å². The van der Waals surface area contributed by atoms with Gasteiger partial charge in [-0.2, -0.15) is 4.58 Å². The van der Waals surface area contributed by atoms with Gasteiger partial charge in [-0.3, -0.25) is 4.79 Å².